The molecule has 1 saturated heterocycles. The van der Waals surface area contributed by atoms with E-state index in [1.54, 1.807) is 18.2 Å². The zero-order valence-corrected chi connectivity index (χ0v) is 23.0. The minimum Gasteiger partial charge on any atom is -0.469 e. The number of fused-ring (bicyclic) bond motifs is 1. The predicted molar refractivity (Wildman–Crippen MR) is 145 cm³/mol. The summed E-state index contributed by atoms with van der Waals surface area (Å²) in [6, 6.07) is 7.45. The van der Waals surface area contributed by atoms with E-state index in [4.69, 9.17) is 13.9 Å². The summed E-state index contributed by atoms with van der Waals surface area (Å²) >= 11 is 0. The monoisotopic (exact) mass is 555 g/mol. The molecule has 1 aromatic heterocycles. The fourth-order valence-corrected chi connectivity index (χ4v) is 5.85. The molecule has 8 nitrogen and oxygen atoms in total. The first kappa shape index (κ1) is 28.0. The van der Waals surface area contributed by atoms with Gasteiger partial charge >= 0.3 is 5.97 Å². The third-order valence-electron chi connectivity index (χ3n) is 8.17. The van der Waals surface area contributed by atoms with Gasteiger partial charge in [-0.05, 0) is 76.1 Å². The second kappa shape index (κ2) is 11.9. The number of benzene rings is 2. The van der Waals surface area contributed by atoms with Crippen molar-refractivity contribution in [1.29, 1.82) is 0 Å². The van der Waals surface area contributed by atoms with Crippen molar-refractivity contribution in [3.8, 4) is 0 Å². The normalized spacial score (nSPS) is 23.0. The lowest BCUT2D eigenvalue weighted by atomic mass is 9.87. The number of likely N-dealkylation sites (tertiary alicyclic amines) is 1. The van der Waals surface area contributed by atoms with Crippen molar-refractivity contribution in [2.45, 2.75) is 77.0 Å². The van der Waals surface area contributed by atoms with E-state index < -0.39 is 11.6 Å². The lowest BCUT2D eigenvalue weighted by Gasteiger charge is -2.32. The van der Waals surface area contributed by atoms with Crippen LogP contribution in [-0.4, -0.2) is 53.7 Å². The number of carbonyl (C=O) groups is 2. The van der Waals surface area contributed by atoms with Gasteiger partial charge in [0.25, 0.3) is 6.01 Å². The molecule has 2 fully saturated rings. The minimum absolute atomic E-state index is 0.0264. The first-order valence-corrected chi connectivity index (χ1v) is 13.8. The number of hydrogen-bond donors (Lipinski definition) is 1. The van der Waals surface area contributed by atoms with Crippen molar-refractivity contribution in [2.75, 3.05) is 19.0 Å². The molecule has 214 valence electrons. The summed E-state index contributed by atoms with van der Waals surface area (Å²) in [5.41, 5.74) is 1.71. The fourth-order valence-electron chi connectivity index (χ4n) is 5.85. The van der Waals surface area contributed by atoms with Gasteiger partial charge in [0, 0.05) is 17.3 Å². The molecule has 1 N–H and O–H groups in total. The summed E-state index contributed by atoms with van der Waals surface area (Å²) in [6.45, 7) is 4.23. The topological polar surface area (TPSA) is 93.9 Å². The van der Waals surface area contributed by atoms with Gasteiger partial charge in [-0.2, -0.15) is 4.98 Å². The number of carbonyl (C=O) groups excluding carboxylic acids is 2. The number of nitrogens with one attached hydrogen (secondary N) is 1. The van der Waals surface area contributed by atoms with Crippen LogP contribution < -0.4 is 5.32 Å². The molecule has 0 radical (unpaired) electrons. The molecule has 1 amide bonds. The van der Waals surface area contributed by atoms with E-state index in [2.05, 4.69) is 10.3 Å². The van der Waals surface area contributed by atoms with Crippen LogP contribution in [0.2, 0.25) is 0 Å². The molecular formula is C30H35F2N3O5. The van der Waals surface area contributed by atoms with Gasteiger partial charge in [-0.15, -0.1) is 0 Å². The second-order valence-electron chi connectivity index (χ2n) is 10.9. The summed E-state index contributed by atoms with van der Waals surface area (Å²) in [4.78, 5) is 31.3. The van der Waals surface area contributed by atoms with Crippen LogP contribution in [0.5, 0.6) is 0 Å². The molecule has 2 aromatic carbocycles. The Hall–Kier alpha value is -3.53. The highest BCUT2D eigenvalue weighted by molar-refractivity contribution is 5.83. The molecule has 3 aromatic rings. The van der Waals surface area contributed by atoms with E-state index in [1.807, 2.05) is 18.7 Å². The lowest BCUT2D eigenvalue weighted by molar-refractivity contribution is -0.148. The summed E-state index contributed by atoms with van der Waals surface area (Å²) in [5, 5.41) is 2.90. The average Bonchev–Trinajstić information content (AvgIpc) is 3.54. The van der Waals surface area contributed by atoms with Gasteiger partial charge in [0.15, 0.2) is 11.4 Å². The number of halogens is 2. The molecule has 5 rings (SSSR count). The van der Waals surface area contributed by atoms with Gasteiger partial charge in [-0.1, -0.05) is 12.1 Å². The smallest absolute Gasteiger partial charge is 0.308 e. The van der Waals surface area contributed by atoms with Gasteiger partial charge < -0.3 is 24.1 Å². The lowest BCUT2D eigenvalue weighted by Crippen LogP contribution is -2.43. The minimum atomic E-state index is -0.635. The maximum atomic E-state index is 15.5. The Morgan fingerprint density at radius 2 is 1.88 bits per heavy atom. The quantitative estimate of drug-likeness (QED) is 0.350. The molecule has 40 heavy (non-hydrogen) atoms. The number of ether oxygens (including phenoxy) is 2. The van der Waals surface area contributed by atoms with Gasteiger partial charge in [-0.3, -0.25) is 9.59 Å². The third-order valence-corrected chi connectivity index (χ3v) is 8.17. The molecule has 2 atom stereocenters. The molecule has 1 aliphatic heterocycles. The molecule has 2 aliphatic rings. The highest BCUT2D eigenvalue weighted by Crippen LogP contribution is 2.31. The van der Waals surface area contributed by atoms with Crippen molar-refractivity contribution in [3.63, 3.8) is 0 Å². The number of aryl methyl sites for hydroxylation is 1. The zero-order chi connectivity index (χ0) is 28.4. The second-order valence-corrected chi connectivity index (χ2v) is 10.9. The Kier molecular flexibility index (Phi) is 8.35. The molecule has 1 aliphatic carbocycles. The maximum absolute atomic E-state index is 15.5. The molecule has 1 saturated carbocycles. The summed E-state index contributed by atoms with van der Waals surface area (Å²) < 4.78 is 45.8. The summed E-state index contributed by atoms with van der Waals surface area (Å²) in [5.74, 6) is -1.45. The summed E-state index contributed by atoms with van der Waals surface area (Å²) in [6.07, 6.45) is 4.67. The number of esters is 1. The number of aromatic nitrogens is 1. The van der Waals surface area contributed by atoms with E-state index in [-0.39, 0.29) is 59.6 Å². The Labute approximate surface area is 232 Å². The van der Waals surface area contributed by atoms with E-state index in [0.29, 0.717) is 17.8 Å². The molecule has 2 heterocycles. The standard InChI is InChI=1S/C30H35F2N3O5/c1-17-4-9-21(31)15-25(17)34-30-33-24-13-8-20(27(32)28(24)40-30)14-26(36)35-18(2)5-10-22(35)16-39-23-11-6-19(7-12-23)29(37)38-3/h4,8-9,13,15,18-19,22-23H,5-7,10-12,14,16H2,1-3H3,(H,33,34)/t18-,19?,22-,23?/m0/s1. The van der Waals surface area contributed by atoms with E-state index in [1.165, 1.54) is 19.2 Å². The van der Waals surface area contributed by atoms with Crippen molar-refractivity contribution < 1.29 is 32.3 Å². The average molecular weight is 556 g/mol. The number of rotatable bonds is 8. The van der Waals surface area contributed by atoms with Crippen molar-refractivity contribution >= 4 is 34.7 Å². The number of anilines is 2. The van der Waals surface area contributed by atoms with Gasteiger partial charge in [0.2, 0.25) is 5.91 Å². The number of hydrogen-bond acceptors (Lipinski definition) is 7. The molecule has 0 unspecified atom stereocenters. The number of oxazole rings is 1. The predicted octanol–water partition coefficient (Wildman–Crippen LogP) is 5.83. The molecule has 0 spiro atoms. The third kappa shape index (κ3) is 5.96. The van der Waals surface area contributed by atoms with Crippen molar-refractivity contribution in [1.82, 2.24) is 9.88 Å². The highest BCUT2D eigenvalue weighted by atomic mass is 19.1. The molecular weight excluding hydrogens is 520 g/mol. The van der Waals surface area contributed by atoms with Crippen LogP contribution in [0.4, 0.5) is 20.5 Å². The Morgan fingerprint density at radius 3 is 2.62 bits per heavy atom. The fraction of sp³-hybridized carbons (Fsp3) is 0.500. The maximum Gasteiger partial charge on any atom is 0.308 e. The van der Waals surface area contributed by atoms with Crippen LogP contribution in [0.3, 0.4) is 0 Å². The Balaban J connectivity index is 1.22. The highest BCUT2D eigenvalue weighted by Gasteiger charge is 2.36. The number of methoxy groups -OCH3 is 1. The molecule has 10 heteroatoms. The first-order chi connectivity index (χ1) is 19.2. The van der Waals surface area contributed by atoms with Crippen molar-refractivity contribution in [3.05, 3.63) is 53.1 Å². The number of nitrogens with zero attached hydrogens (tertiary/aromatic N) is 2. The van der Waals surface area contributed by atoms with E-state index in [9.17, 15) is 14.0 Å². The van der Waals surface area contributed by atoms with Gasteiger partial charge in [0.05, 0.1) is 38.2 Å². The van der Waals surface area contributed by atoms with E-state index >= 15 is 4.39 Å². The van der Waals surface area contributed by atoms with Crippen LogP contribution in [0.25, 0.3) is 11.1 Å². The van der Waals surface area contributed by atoms with Gasteiger partial charge in [-0.25, -0.2) is 8.78 Å². The molecule has 0 bridgehead atoms. The van der Waals surface area contributed by atoms with E-state index in [0.717, 1.165) is 44.1 Å². The van der Waals surface area contributed by atoms with Crippen molar-refractivity contribution in [2.24, 2.45) is 5.92 Å². The SMILES string of the molecule is COC(=O)C1CCC(OC[C@@H]2CC[C@H](C)N2C(=O)Cc2ccc3nc(Nc4cc(F)ccc4C)oc3c2F)CC1. The van der Waals surface area contributed by atoms with Crippen LogP contribution >= 0.6 is 0 Å². The van der Waals surface area contributed by atoms with Crippen LogP contribution in [0.15, 0.2) is 34.7 Å². The largest absolute Gasteiger partial charge is 0.469 e. The summed E-state index contributed by atoms with van der Waals surface area (Å²) in [7, 11) is 1.41. The van der Waals surface area contributed by atoms with Crippen LogP contribution in [0, 0.1) is 24.5 Å². The Bertz CT molecular complexity index is 1390. The van der Waals surface area contributed by atoms with Crippen LogP contribution in [0.1, 0.15) is 56.6 Å². The zero-order valence-electron chi connectivity index (χ0n) is 23.0. The number of amides is 1. The van der Waals surface area contributed by atoms with Gasteiger partial charge in [0.1, 0.15) is 11.3 Å². The Morgan fingerprint density at radius 1 is 1.10 bits per heavy atom. The first-order valence-electron chi connectivity index (χ1n) is 13.8. The van der Waals surface area contributed by atoms with Crippen LogP contribution in [-0.2, 0) is 25.5 Å².